The summed E-state index contributed by atoms with van der Waals surface area (Å²) in [7, 11) is 0. The number of amides is 1. The SMILES string of the molecule is O=C(Cn1cc(C(F)(F)F)cc(Cl)c1=O)NC1(c2ccc3c(c2)OCCO3)CCCC1. The molecule has 2 heterocycles. The second kappa shape index (κ2) is 8.11. The minimum atomic E-state index is -4.69. The van der Waals surface area contributed by atoms with Gasteiger partial charge in [-0.05, 0) is 36.6 Å². The number of halogens is 4. The van der Waals surface area contributed by atoms with Gasteiger partial charge in [0.15, 0.2) is 11.5 Å². The van der Waals surface area contributed by atoms with Crippen molar-refractivity contribution in [1.82, 2.24) is 9.88 Å². The average molecular weight is 457 g/mol. The highest BCUT2D eigenvalue weighted by atomic mass is 35.5. The van der Waals surface area contributed by atoms with Gasteiger partial charge in [-0.25, -0.2) is 0 Å². The van der Waals surface area contributed by atoms with Gasteiger partial charge in [0.1, 0.15) is 24.8 Å². The normalized spacial score (nSPS) is 17.4. The number of benzene rings is 1. The molecule has 0 unspecified atom stereocenters. The molecule has 0 bridgehead atoms. The Hall–Kier alpha value is -2.68. The highest BCUT2D eigenvalue weighted by molar-refractivity contribution is 6.30. The van der Waals surface area contributed by atoms with Crippen LogP contribution in [0.3, 0.4) is 0 Å². The lowest BCUT2D eigenvalue weighted by Gasteiger charge is -2.32. The molecule has 0 atom stereocenters. The summed E-state index contributed by atoms with van der Waals surface area (Å²) in [5.41, 5.74) is -1.81. The quantitative estimate of drug-likeness (QED) is 0.758. The van der Waals surface area contributed by atoms with Gasteiger partial charge in [0.05, 0.1) is 11.1 Å². The number of fused-ring (bicyclic) bond motifs is 1. The molecule has 4 rings (SSSR count). The van der Waals surface area contributed by atoms with Crippen LogP contribution in [0.5, 0.6) is 11.5 Å². The number of alkyl halides is 3. The maximum Gasteiger partial charge on any atom is 0.417 e. The third kappa shape index (κ3) is 4.37. The van der Waals surface area contributed by atoms with Crippen LogP contribution < -0.4 is 20.3 Å². The van der Waals surface area contributed by atoms with Crippen molar-refractivity contribution in [3.05, 3.63) is 57.0 Å². The van der Waals surface area contributed by atoms with E-state index in [0.29, 0.717) is 54.4 Å². The first-order chi connectivity index (χ1) is 14.7. The third-order valence-electron chi connectivity index (χ3n) is 5.61. The minimum absolute atomic E-state index is 0.426. The molecule has 31 heavy (non-hydrogen) atoms. The lowest BCUT2D eigenvalue weighted by Crippen LogP contribution is -2.46. The highest BCUT2D eigenvalue weighted by Gasteiger charge is 2.38. The number of nitrogens with one attached hydrogen (secondary N) is 1. The zero-order valence-electron chi connectivity index (χ0n) is 16.4. The number of ether oxygens (including phenoxy) is 2. The molecular weight excluding hydrogens is 437 g/mol. The molecule has 6 nitrogen and oxygen atoms in total. The zero-order chi connectivity index (χ0) is 22.2. The van der Waals surface area contributed by atoms with Crippen LogP contribution in [0, 0.1) is 0 Å². The number of aromatic nitrogens is 1. The molecule has 2 aromatic rings. The molecule has 1 aromatic heterocycles. The van der Waals surface area contributed by atoms with Crippen LogP contribution in [-0.2, 0) is 23.1 Å². The van der Waals surface area contributed by atoms with E-state index in [1.165, 1.54) is 0 Å². The van der Waals surface area contributed by atoms with Crippen molar-refractivity contribution < 1.29 is 27.4 Å². The number of carbonyl (C=O) groups excluding carboxylic acids is 1. The summed E-state index contributed by atoms with van der Waals surface area (Å²) in [6.45, 7) is 0.312. The number of carbonyl (C=O) groups is 1. The third-order valence-corrected chi connectivity index (χ3v) is 5.88. The Morgan fingerprint density at radius 3 is 2.48 bits per heavy atom. The van der Waals surface area contributed by atoms with Crippen molar-refractivity contribution in [3.63, 3.8) is 0 Å². The molecule has 1 N–H and O–H groups in total. The van der Waals surface area contributed by atoms with E-state index in [9.17, 15) is 22.8 Å². The summed E-state index contributed by atoms with van der Waals surface area (Å²) < 4.78 is 51.1. The van der Waals surface area contributed by atoms with E-state index in [1.54, 1.807) is 6.07 Å². The van der Waals surface area contributed by atoms with Gasteiger partial charge >= 0.3 is 6.18 Å². The monoisotopic (exact) mass is 456 g/mol. The number of nitrogens with zero attached hydrogens (tertiary/aromatic N) is 1. The Balaban J connectivity index is 1.59. The molecule has 1 saturated carbocycles. The van der Waals surface area contributed by atoms with E-state index in [0.717, 1.165) is 18.4 Å². The second-order valence-corrected chi connectivity index (χ2v) is 8.11. The van der Waals surface area contributed by atoms with Crippen LogP contribution in [-0.4, -0.2) is 23.7 Å². The van der Waals surface area contributed by atoms with Gasteiger partial charge < -0.3 is 19.4 Å². The van der Waals surface area contributed by atoms with Gasteiger partial charge in [-0.3, -0.25) is 9.59 Å². The highest BCUT2D eigenvalue weighted by Crippen LogP contribution is 2.42. The van der Waals surface area contributed by atoms with Crippen molar-refractivity contribution in [2.45, 2.75) is 43.9 Å². The summed E-state index contributed by atoms with van der Waals surface area (Å²) in [4.78, 5) is 25.0. The minimum Gasteiger partial charge on any atom is -0.486 e. The first-order valence-electron chi connectivity index (χ1n) is 9.86. The van der Waals surface area contributed by atoms with Crippen LogP contribution in [0.4, 0.5) is 13.2 Å². The van der Waals surface area contributed by atoms with Gasteiger partial charge in [0, 0.05) is 6.20 Å². The Labute approximate surface area is 180 Å². The fourth-order valence-corrected chi connectivity index (χ4v) is 4.36. The molecule has 1 aliphatic heterocycles. The maximum atomic E-state index is 13.1. The van der Waals surface area contributed by atoms with Crippen molar-refractivity contribution >= 4 is 17.5 Å². The smallest absolute Gasteiger partial charge is 0.417 e. The van der Waals surface area contributed by atoms with E-state index in [4.69, 9.17) is 21.1 Å². The molecule has 1 aromatic carbocycles. The zero-order valence-corrected chi connectivity index (χ0v) is 17.2. The first-order valence-corrected chi connectivity index (χ1v) is 10.2. The molecule has 2 aliphatic rings. The van der Waals surface area contributed by atoms with Crippen molar-refractivity contribution in [1.29, 1.82) is 0 Å². The Bertz CT molecular complexity index is 1060. The number of pyridine rings is 1. The van der Waals surface area contributed by atoms with Gasteiger partial charge in [-0.15, -0.1) is 0 Å². The van der Waals surface area contributed by atoms with Gasteiger partial charge in [0.2, 0.25) is 5.91 Å². The average Bonchev–Trinajstić information content (AvgIpc) is 3.19. The number of hydrogen-bond donors (Lipinski definition) is 1. The molecule has 1 amide bonds. The van der Waals surface area contributed by atoms with Crippen LogP contribution in [0.2, 0.25) is 5.02 Å². The summed E-state index contributed by atoms with van der Waals surface area (Å²) in [5.74, 6) is 0.638. The van der Waals surface area contributed by atoms with E-state index in [1.807, 2.05) is 12.1 Å². The first kappa shape index (κ1) is 21.5. The largest absolute Gasteiger partial charge is 0.486 e. The fraction of sp³-hybridized carbons (Fsp3) is 0.429. The van der Waals surface area contributed by atoms with Gasteiger partial charge in [-0.2, -0.15) is 13.2 Å². The molecule has 1 aliphatic carbocycles. The van der Waals surface area contributed by atoms with Gasteiger partial charge in [0.25, 0.3) is 5.56 Å². The van der Waals surface area contributed by atoms with Crippen molar-refractivity contribution in [2.75, 3.05) is 13.2 Å². The molecule has 166 valence electrons. The number of rotatable bonds is 4. The van der Waals surface area contributed by atoms with E-state index in [2.05, 4.69) is 5.32 Å². The summed E-state index contributed by atoms with van der Waals surface area (Å²) in [5, 5.41) is 2.36. The second-order valence-electron chi connectivity index (χ2n) is 7.70. The summed E-state index contributed by atoms with van der Waals surface area (Å²) in [6, 6.07) is 6.03. The Kier molecular flexibility index (Phi) is 5.63. The Morgan fingerprint density at radius 1 is 1.13 bits per heavy atom. The maximum absolute atomic E-state index is 13.1. The van der Waals surface area contributed by atoms with E-state index < -0.39 is 40.3 Å². The van der Waals surface area contributed by atoms with Crippen molar-refractivity contribution in [3.8, 4) is 11.5 Å². The number of hydrogen-bond acceptors (Lipinski definition) is 4. The molecule has 1 fully saturated rings. The standard InChI is InChI=1S/C21H20ClF3N2O4/c22-15-9-14(21(23,24)25)11-27(19(15)29)12-18(28)26-20(5-1-2-6-20)13-3-4-16-17(10-13)31-8-7-30-16/h3-4,9-11H,1-2,5-8,12H2,(H,26,28). The predicted molar refractivity (Wildman–Crippen MR) is 106 cm³/mol. The van der Waals surface area contributed by atoms with E-state index >= 15 is 0 Å². The molecule has 0 radical (unpaired) electrons. The van der Waals surface area contributed by atoms with E-state index in [-0.39, 0.29) is 0 Å². The molecule has 0 spiro atoms. The summed E-state index contributed by atoms with van der Waals surface area (Å²) in [6.07, 6.45) is -0.992. The molecular formula is C21H20ClF3N2O4. The predicted octanol–water partition coefficient (Wildman–Crippen LogP) is 3.88. The Morgan fingerprint density at radius 2 is 1.81 bits per heavy atom. The van der Waals surface area contributed by atoms with Crippen molar-refractivity contribution in [2.24, 2.45) is 0 Å². The molecule has 10 heteroatoms. The summed E-state index contributed by atoms with van der Waals surface area (Å²) >= 11 is 5.68. The lowest BCUT2D eigenvalue weighted by atomic mass is 9.87. The van der Waals surface area contributed by atoms with Crippen LogP contribution in [0.25, 0.3) is 0 Å². The van der Waals surface area contributed by atoms with Gasteiger partial charge in [-0.1, -0.05) is 30.5 Å². The topological polar surface area (TPSA) is 69.6 Å². The fourth-order valence-electron chi connectivity index (χ4n) is 4.14. The van der Waals surface area contributed by atoms with Crippen LogP contribution >= 0.6 is 11.6 Å². The van der Waals surface area contributed by atoms with Crippen LogP contribution in [0.1, 0.15) is 36.8 Å². The van der Waals surface area contributed by atoms with Crippen LogP contribution in [0.15, 0.2) is 35.3 Å². The lowest BCUT2D eigenvalue weighted by molar-refractivity contribution is -0.138. The molecule has 0 saturated heterocycles.